The van der Waals surface area contributed by atoms with Crippen LogP contribution in [0.4, 0.5) is 17.1 Å². The number of rotatable bonds is 8. The third kappa shape index (κ3) is 6.44. The molecular weight excluding hydrogens is 643 g/mol. The van der Waals surface area contributed by atoms with Crippen molar-refractivity contribution in [3.8, 4) is 55.8 Å². The highest BCUT2D eigenvalue weighted by Crippen LogP contribution is 2.39. The first kappa shape index (κ1) is 32.0. The van der Waals surface area contributed by atoms with Gasteiger partial charge in [0.25, 0.3) is 0 Å². The zero-order valence-electron chi connectivity index (χ0n) is 29.5. The van der Waals surface area contributed by atoms with Gasteiger partial charge in [-0.05, 0) is 100.0 Å². The smallest absolute Gasteiger partial charge is 0.138 e. The lowest BCUT2D eigenvalue weighted by Gasteiger charge is -2.26. The van der Waals surface area contributed by atoms with Crippen LogP contribution in [0.5, 0.6) is 0 Å². The molecule has 0 atom stereocenters. The molecule has 0 radical (unpaired) electrons. The molecule has 1 heterocycles. The lowest BCUT2D eigenvalue weighted by Crippen LogP contribution is -2.09. The van der Waals surface area contributed by atoms with E-state index in [0.29, 0.717) is 0 Å². The van der Waals surface area contributed by atoms with E-state index in [9.17, 15) is 0 Å². The largest absolute Gasteiger partial charge is 0.456 e. The van der Waals surface area contributed by atoms with Crippen LogP contribution in [0.1, 0.15) is 5.56 Å². The van der Waals surface area contributed by atoms with Gasteiger partial charge in [0.15, 0.2) is 0 Å². The second-order valence-corrected chi connectivity index (χ2v) is 13.4. The maximum absolute atomic E-state index is 6.31. The van der Waals surface area contributed by atoms with Crippen LogP contribution in [0, 0.1) is 6.92 Å². The highest BCUT2D eigenvalue weighted by atomic mass is 16.3. The van der Waals surface area contributed by atoms with E-state index in [-0.39, 0.29) is 0 Å². The SMILES string of the molecule is Cc1c(-c2cccc(-c3ccc(N(c4ccc(-c5ccccc5)cc4)c4ccc(-c5ccc(-c6ccccc6)cc5)cc4)cc3)c2)oc2ccccc12. The van der Waals surface area contributed by atoms with Gasteiger partial charge >= 0.3 is 0 Å². The second kappa shape index (κ2) is 14.0. The summed E-state index contributed by atoms with van der Waals surface area (Å²) in [6.07, 6.45) is 0. The average Bonchev–Trinajstić information content (AvgIpc) is 3.58. The van der Waals surface area contributed by atoms with Gasteiger partial charge < -0.3 is 9.32 Å². The Balaban J connectivity index is 1.04. The molecule has 0 bridgehead atoms. The Morgan fingerprint density at radius 2 is 0.679 bits per heavy atom. The van der Waals surface area contributed by atoms with Crippen LogP contribution in [0.15, 0.2) is 211 Å². The number of nitrogens with zero attached hydrogens (tertiary/aromatic N) is 1. The molecule has 8 aromatic carbocycles. The Morgan fingerprint density at radius 1 is 0.321 bits per heavy atom. The van der Waals surface area contributed by atoms with Crippen molar-refractivity contribution in [2.45, 2.75) is 6.92 Å². The van der Waals surface area contributed by atoms with Gasteiger partial charge in [-0.15, -0.1) is 0 Å². The van der Waals surface area contributed by atoms with Crippen LogP contribution in [-0.4, -0.2) is 0 Å². The molecule has 1 aromatic heterocycles. The topological polar surface area (TPSA) is 16.4 Å². The van der Waals surface area contributed by atoms with Crippen molar-refractivity contribution in [2.75, 3.05) is 4.90 Å². The van der Waals surface area contributed by atoms with Gasteiger partial charge in [-0.2, -0.15) is 0 Å². The van der Waals surface area contributed by atoms with Crippen molar-refractivity contribution in [1.82, 2.24) is 0 Å². The summed E-state index contributed by atoms with van der Waals surface area (Å²) in [4.78, 5) is 2.33. The van der Waals surface area contributed by atoms with E-state index >= 15 is 0 Å². The van der Waals surface area contributed by atoms with Gasteiger partial charge in [-0.3, -0.25) is 0 Å². The van der Waals surface area contributed by atoms with Crippen LogP contribution in [-0.2, 0) is 0 Å². The Kier molecular flexibility index (Phi) is 8.47. The van der Waals surface area contributed by atoms with E-state index in [0.717, 1.165) is 56.0 Å². The van der Waals surface area contributed by atoms with E-state index in [1.165, 1.54) is 33.4 Å². The summed E-state index contributed by atoms with van der Waals surface area (Å²) in [5, 5.41) is 1.16. The molecule has 0 saturated heterocycles. The highest BCUT2D eigenvalue weighted by molar-refractivity contribution is 5.88. The molecule has 53 heavy (non-hydrogen) atoms. The first-order valence-electron chi connectivity index (χ1n) is 18.1. The molecule has 0 aliphatic carbocycles. The average molecular weight is 680 g/mol. The fourth-order valence-electron chi connectivity index (χ4n) is 7.26. The third-order valence-electron chi connectivity index (χ3n) is 10.1. The van der Waals surface area contributed by atoms with Crippen molar-refractivity contribution in [3.63, 3.8) is 0 Å². The summed E-state index contributed by atoms with van der Waals surface area (Å²) in [7, 11) is 0. The lowest BCUT2D eigenvalue weighted by molar-refractivity contribution is 0.629. The van der Waals surface area contributed by atoms with Crippen LogP contribution in [0.2, 0.25) is 0 Å². The molecule has 0 unspecified atom stereocenters. The zero-order valence-corrected chi connectivity index (χ0v) is 29.5. The minimum absolute atomic E-state index is 0.917. The summed E-state index contributed by atoms with van der Waals surface area (Å²) in [5.74, 6) is 0.922. The molecule has 9 aromatic rings. The van der Waals surface area contributed by atoms with Crippen LogP contribution in [0.25, 0.3) is 66.8 Å². The van der Waals surface area contributed by atoms with Crippen LogP contribution in [0.3, 0.4) is 0 Å². The highest BCUT2D eigenvalue weighted by Gasteiger charge is 2.16. The van der Waals surface area contributed by atoms with Gasteiger partial charge in [0.1, 0.15) is 11.3 Å². The Bertz CT molecular complexity index is 2620. The van der Waals surface area contributed by atoms with Gasteiger partial charge in [-0.25, -0.2) is 0 Å². The fourth-order valence-corrected chi connectivity index (χ4v) is 7.26. The number of benzene rings is 8. The molecule has 0 fully saturated rings. The Labute approximate surface area is 310 Å². The fraction of sp³-hybridized carbons (Fsp3) is 0.0196. The number of hydrogen-bond donors (Lipinski definition) is 0. The number of furan rings is 1. The molecule has 0 aliphatic heterocycles. The quantitative estimate of drug-likeness (QED) is 0.159. The monoisotopic (exact) mass is 679 g/mol. The summed E-state index contributed by atoms with van der Waals surface area (Å²) in [6, 6.07) is 73.4. The predicted octanol–water partition coefficient (Wildman–Crippen LogP) is 14.5. The van der Waals surface area contributed by atoms with Crippen molar-refractivity contribution < 1.29 is 4.42 Å². The number of aryl methyl sites for hydroxylation is 1. The van der Waals surface area contributed by atoms with E-state index in [1.54, 1.807) is 0 Å². The summed E-state index contributed by atoms with van der Waals surface area (Å²) in [5.41, 5.74) is 16.0. The van der Waals surface area contributed by atoms with Crippen LogP contribution < -0.4 is 4.90 Å². The van der Waals surface area contributed by atoms with E-state index < -0.39 is 0 Å². The van der Waals surface area contributed by atoms with Crippen molar-refractivity contribution in [1.29, 1.82) is 0 Å². The van der Waals surface area contributed by atoms with Gasteiger partial charge in [0.2, 0.25) is 0 Å². The zero-order chi connectivity index (χ0) is 35.6. The normalized spacial score (nSPS) is 11.1. The Morgan fingerprint density at radius 3 is 1.15 bits per heavy atom. The Hall–Kier alpha value is -6.90. The molecule has 252 valence electrons. The lowest BCUT2D eigenvalue weighted by atomic mass is 9.99. The number of hydrogen-bond acceptors (Lipinski definition) is 2. The first-order chi connectivity index (χ1) is 26.2. The molecule has 0 amide bonds. The molecule has 0 aliphatic rings. The second-order valence-electron chi connectivity index (χ2n) is 13.4. The molecule has 0 N–H and O–H groups in total. The summed E-state index contributed by atoms with van der Waals surface area (Å²) < 4.78 is 6.31. The molecule has 0 saturated carbocycles. The van der Waals surface area contributed by atoms with Crippen LogP contribution >= 0.6 is 0 Å². The first-order valence-corrected chi connectivity index (χ1v) is 18.1. The molecular formula is C51H37NO. The van der Waals surface area contributed by atoms with Gasteiger partial charge in [0.05, 0.1) is 0 Å². The number of fused-ring (bicyclic) bond motifs is 1. The minimum Gasteiger partial charge on any atom is -0.456 e. The summed E-state index contributed by atoms with van der Waals surface area (Å²) in [6.45, 7) is 2.14. The van der Waals surface area contributed by atoms with Gasteiger partial charge in [-0.1, -0.05) is 158 Å². The van der Waals surface area contributed by atoms with Crippen molar-refractivity contribution in [2.24, 2.45) is 0 Å². The standard InChI is InChI=1S/C51H37NO/c1-36-49-17-8-9-18-50(49)53-51(36)45-16-10-15-44(35-45)43-27-33-48(34-28-43)52(46-29-23-41(24-30-46)38-13-6-3-7-14-38)47-31-25-42(26-32-47)40-21-19-39(20-22-40)37-11-4-2-5-12-37/h2-35H,1H3. The molecule has 9 rings (SSSR count). The van der Waals surface area contributed by atoms with Crippen molar-refractivity contribution in [3.05, 3.63) is 212 Å². The van der Waals surface area contributed by atoms with Crippen molar-refractivity contribution >= 4 is 28.0 Å². The minimum atomic E-state index is 0.917. The molecule has 2 nitrogen and oxygen atoms in total. The van der Waals surface area contributed by atoms with E-state index in [1.807, 2.05) is 12.1 Å². The number of anilines is 3. The maximum atomic E-state index is 6.31. The molecule has 2 heteroatoms. The predicted molar refractivity (Wildman–Crippen MR) is 223 cm³/mol. The molecule has 0 spiro atoms. The van der Waals surface area contributed by atoms with E-state index in [2.05, 4.69) is 206 Å². The number of para-hydroxylation sites is 1. The van der Waals surface area contributed by atoms with E-state index in [4.69, 9.17) is 4.42 Å². The third-order valence-corrected chi connectivity index (χ3v) is 10.1. The summed E-state index contributed by atoms with van der Waals surface area (Å²) >= 11 is 0. The maximum Gasteiger partial charge on any atom is 0.138 e. The van der Waals surface area contributed by atoms with Gasteiger partial charge in [0, 0.05) is 33.6 Å².